The Bertz CT molecular complexity index is 795. The van der Waals surface area contributed by atoms with Gasteiger partial charge in [-0.05, 0) is 19.1 Å². The topological polar surface area (TPSA) is 34.5 Å². The summed E-state index contributed by atoms with van der Waals surface area (Å²) in [5.41, 5.74) is 2.23. The van der Waals surface area contributed by atoms with Gasteiger partial charge in [0.1, 0.15) is 4.32 Å². The summed E-state index contributed by atoms with van der Waals surface area (Å²) in [7, 11) is 1.62. The van der Waals surface area contributed by atoms with Crippen molar-refractivity contribution in [1.82, 2.24) is 9.47 Å². The van der Waals surface area contributed by atoms with Crippen LogP contribution in [0, 0.1) is 0 Å². The Balaban J connectivity index is 1.96. The van der Waals surface area contributed by atoms with E-state index in [1.165, 1.54) is 17.3 Å². The van der Waals surface area contributed by atoms with E-state index in [0.717, 1.165) is 17.5 Å². The summed E-state index contributed by atoms with van der Waals surface area (Å²) in [6, 6.07) is 8.23. The van der Waals surface area contributed by atoms with Crippen LogP contribution >= 0.6 is 24.0 Å². The number of ether oxygens (including phenoxy) is 1. The molecule has 1 saturated heterocycles. The summed E-state index contributed by atoms with van der Waals surface area (Å²) in [5, 5.41) is 1.15. The Hall–Kier alpha value is -1.63. The molecule has 1 aliphatic heterocycles. The second kappa shape index (κ2) is 6.86. The zero-order valence-corrected chi connectivity index (χ0v) is 14.7. The van der Waals surface area contributed by atoms with Crippen LogP contribution in [-0.2, 0) is 16.1 Å². The van der Waals surface area contributed by atoms with Gasteiger partial charge in [-0.2, -0.15) is 0 Å². The van der Waals surface area contributed by atoms with Gasteiger partial charge < -0.3 is 9.30 Å². The van der Waals surface area contributed by atoms with Gasteiger partial charge in [0.15, 0.2) is 0 Å². The Morgan fingerprint density at radius 1 is 1.35 bits per heavy atom. The third-order valence-electron chi connectivity index (χ3n) is 3.84. The van der Waals surface area contributed by atoms with Crippen LogP contribution in [0.25, 0.3) is 17.0 Å². The van der Waals surface area contributed by atoms with Crippen LogP contribution in [0.15, 0.2) is 35.4 Å². The van der Waals surface area contributed by atoms with Crippen molar-refractivity contribution in [3.05, 3.63) is 40.9 Å². The first-order valence-corrected chi connectivity index (χ1v) is 8.70. The molecule has 1 amide bonds. The van der Waals surface area contributed by atoms with Crippen LogP contribution in [0.1, 0.15) is 12.5 Å². The predicted octanol–water partition coefficient (Wildman–Crippen LogP) is 3.51. The zero-order chi connectivity index (χ0) is 16.4. The number of nitrogens with zero attached hydrogens (tertiary/aromatic N) is 2. The fourth-order valence-corrected chi connectivity index (χ4v) is 3.97. The second-order valence-electron chi connectivity index (χ2n) is 5.21. The minimum Gasteiger partial charge on any atom is -0.383 e. The molecule has 1 fully saturated rings. The number of rotatable bonds is 5. The largest absolute Gasteiger partial charge is 0.383 e. The van der Waals surface area contributed by atoms with Gasteiger partial charge in [-0.1, -0.05) is 42.2 Å². The number of carbonyl (C=O) groups excluding carboxylic acids is 1. The molecule has 23 heavy (non-hydrogen) atoms. The third kappa shape index (κ3) is 3.06. The molecule has 4 nitrogen and oxygen atoms in total. The molecule has 1 aromatic heterocycles. The van der Waals surface area contributed by atoms with Crippen LogP contribution in [0.5, 0.6) is 0 Å². The van der Waals surface area contributed by atoms with Crippen LogP contribution in [0.2, 0.25) is 0 Å². The quantitative estimate of drug-likeness (QED) is 0.613. The lowest BCUT2D eigenvalue weighted by atomic mass is 10.1. The molecule has 0 aliphatic carbocycles. The molecule has 0 spiro atoms. The minimum absolute atomic E-state index is 0.0367. The lowest BCUT2D eigenvalue weighted by Crippen LogP contribution is -2.31. The highest BCUT2D eigenvalue weighted by molar-refractivity contribution is 8.26. The molecule has 0 saturated carbocycles. The van der Waals surface area contributed by atoms with Gasteiger partial charge in [0.25, 0.3) is 5.91 Å². The number of thioether (sulfide) groups is 1. The number of hydrogen-bond donors (Lipinski definition) is 0. The first-order chi connectivity index (χ1) is 11.2. The highest BCUT2D eigenvalue weighted by Crippen LogP contribution is 2.34. The van der Waals surface area contributed by atoms with E-state index in [2.05, 4.69) is 29.8 Å². The van der Waals surface area contributed by atoms with E-state index in [-0.39, 0.29) is 5.91 Å². The van der Waals surface area contributed by atoms with E-state index >= 15 is 0 Å². The standard InChI is InChI=1S/C17H18N2O2S2/c1-3-18-11-12(13-6-4-5-7-14(13)18)10-15-16(20)19(8-9-21-2)17(22)23-15/h4-7,10-11H,3,8-9H2,1-2H3/b15-10-. The molecular weight excluding hydrogens is 328 g/mol. The fraction of sp³-hybridized carbons (Fsp3) is 0.294. The summed E-state index contributed by atoms with van der Waals surface area (Å²) in [6.07, 6.45) is 4.03. The minimum atomic E-state index is -0.0367. The SMILES string of the molecule is CCn1cc(/C=C2\SC(=S)N(CCOC)C2=O)c2ccccc21. The molecule has 1 aliphatic rings. The second-order valence-corrected chi connectivity index (χ2v) is 6.89. The Labute approximate surface area is 145 Å². The van der Waals surface area contributed by atoms with Crippen molar-refractivity contribution < 1.29 is 9.53 Å². The summed E-state index contributed by atoms with van der Waals surface area (Å²) in [4.78, 5) is 14.8. The number of carbonyl (C=O) groups is 1. The fourth-order valence-electron chi connectivity index (χ4n) is 2.67. The van der Waals surface area contributed by atoms with E-state index in [0.29, 0.717) is 22.4 Å². The first-order valence-electron chi connectivity index (χ1n) is 7.48. The summed E-state index contributed by atoms with van der Waals surface area (Å²) in [5.74, 6) is -0.0367. The molecule has 0 unspecified atom stereocenters. The average molecular weight is 346 g/mol. The normalized spacial score (nSPS) is 17.0. The van der Waals surface area contributed by atoms with Gasteiger partial charge in [-0.25, -0.2) is 0 Å². The van der Waals surface area contributed by atoms with Crippen LogP contribution in [0.4, 0.5) is 0 Å². The van der Waals surface area contributed by atoms with Crippen LogP contribution < -0.4 is 0 Å². The van der Waals surface area contributed by atoms with Crippen molar-refractivity contribution in [1.29, 1.82) is 0 Å². The highest BCUT2D eigenvalue weighted by Gasteiger charge is 2.31. The van der Waals surface area contributed by atoms with Gasteiger partial charge in [0.2, 0.25) is 0 Å². The van der Waals surface area contributed by atoms with E-state index in [4.69, 9.17) is 17.0 Å². The van der Waals surface area contributed by atoms with Crippen molar-refractivity contribution in [3.8, 4) is 0 Å². The summed E-state index contributed by atoms with van der Waals surface area (Å²) >= 11 is 6.67. The molecule has 0 radical (unpaired) electrons. The van der Waals surface area contributed by atoms with Crippen molar-refractivity contribution in [2.24, 2.45) is 0 Å². The van der Waals surface area contributed by atoms with Gasteiger partial charge in [0.05, 0.1) is 18.1 Å². The molecule has 6 heteroatoms. The van der Waals surface area contributed by atoms with Crippen molar-refractivity contribution >= 4 is 51.2 Å². The molecule has 0 atom stereocenters. The molecule has 0 N–H and O–H groups in total. The number of benzene rings is 1. The average Bonchev–Trinajstić information content (AvgIpc) is 3.04. The third-order valence-corrected chi connectivity index (χ3v) is 5.22. The van der Waals surface area contributed by atoms with Crippen LogP contribution in [0.3, 0.4) is 0 Å². The number of aryl methyl sites for hydroxylation is 1. The van der Waals surface area contributed by atoms with E-state index in [1.807, 2.05) is 18.2 Å². The van der Waals surface area contributed by atoms with E-state index in [9.17, 15) is 4.79 Å². The van der Waals surface area contributed by atoms with Gasteiger partial charge in [-0.15, -0.1) is 0 Å². The van der Waals surface area contributed by atoms with Crippen molar-refractivity contribution in [2.75, 3.05) is 20.3 Å². The molecule has 1 aromatic carbocycles. The lowest BCUT2D eigenvalue weighted by Gasteiger charge is -2.12. The van der Waals surface area contributed by atoms with Gasteiger partial charge >= 0.3 is 0 Å². The number of fused-ring (bicyclic) bond motifs is 1. The first kappa shape index (κ1) is 16.2. The molecule has 0 bridgehead atoms. The monoisotopic (exact) mass is 346 g/mol. The Morgan fingerprint density at radius 2 is 2.13 bits per heavy atom. The predicted molar refractivity (Wildman–Crippen MR) is 99.4 cm³/mol. The molecule has 3 rings (SSSR count). The Kier molecular flexibility index (Phi) is 4.84. The summed E-state index contributed by atoms with van der Waals surface area (Å²) in [6.45, 7) is 3.98. The van der Waals surface area contributed by atoms with Crippen molar-refractivity contribution in [2.45, 2.75) is 13.5 Å². The number of thiocarbonyl (C=S) groups is 1. The zero-order valence-electron chi connectivity index (χ0n) is 13.1. The number of amides is 1. The van der Waals surface area contributed by atoms with Crippen LogP contribution in [-0.4, -0.2) is 40.0 Å². The molecule has 2 aromatic rings. The number of para-hydroxylation sites is 1. The van der Waals surface area contributed by atoms with Crippen molar-refractivity contribution in [3.63, 3.8) is 0 Å². The maximum absolute atomic E-state index is 12.5. The van der Waals surface area contributed by atoms with E-state index in [1.54, 1.807) is 12.0 Å². The molecular formula is C17H18N2O2S2. The highest BCUT2D eigenvalue weighted by atomic mass is 32.2. The number of hydrogen-bond acceptors (Lipinski definition) is 4. The Morgan fingerprint density at radius 3 is 2.87 bits per heavy atom. The number of methoxy groups -OCH3 is 1. The van der Waals surface area contributed by atoms with Gasteiger partial charge in [-0.3, -0.25) is 9.69 Å². The smallest absolute Gasteiger partial charge is 0.266 e. The molecule has 120 valence electrons. The van der Waals surface area contributed by atoms with Gasteiger partial charge in [0, 0.05) is 36.3 Å². The summed E-state index contributed by atoms with van der Waals surface area (Å²) < 4.78 is 7.83. The van der Waals surface area contributed by atoms with E-state index < -0.39 is 0 Å². The maximum Gasteiger partial charge on any atom is 0.266 e. The molecule has 2 heterocycles. The maximum atomic E-state index is 12.5. The lowest BCUT2D eigenvalue weighted by molar-refractivity contribution is -0.122. The number of aromatic nitrogens is 1.